The van der Waals surface area contributed by atoms with Crippen molar-refractivity contribution in [2.75, 3.05) is 6.54 Å². The molecule has 1 unspecified atom stereocenters. The topological polar surface area (TPSA) is 106 Å². The van der Waals surface area contributed by atoms with Gasteiger partial charge in [0.25, 0.3) is 0 Å². The van der Waals surface area contributed by atoms with Crippen LogP contribution in [-0.4, -0.2) is 26.7 Å². The average molecular weight is 254 g/mol. The minimum absolute atomic E-state index is 0.276. The molecular formula is C13H14N6. The summed E-state index contributed by atoms with van der Waals surface area (Å²) in [5.74, 6) is 0. The highest BCUT2D eigenvalue weighted by Gasteiger charge is 2.29. The molecule has 0 radical (unpaired) electrons. The predicted octanol–water partition coefficient (Wildman–Crippen LogP) is 0.514. The highest BCUT2D eigenvalue weighted by atomic mass is 15.1. The number of H-pyrrole nitrogens is 1. The van der Waals surface area contributed by atoms with E-state index in [0.29, 0.717) is 0 Å². The van der Waals surface area contributed by atoms with Gasteiger partial charge < -0.3 is 11.5 Å². The molecule has 96 valence electrons. The van der Waals surface area contributed by atoms with Gasteiger partial charge in [-0.3, -0.25) is 15.1 Å². The van der Waals surface area contributed by atoms with Gasteiger partial charge in [0.2, 0.25) is 0 Å². The minimum Gasteiger partial charge on any atom is -0.328 e. The Bertz CT molecular complexity index is 693. The Kier molecular flexibility index (Phi) is 2.73. The molecule has 1 aromatic carbocycles. The predicted molar refractivity (Wildman–Crippen MR) is 72.1 cm³/mol. The lowest BCUT2D eigenvalue weighted by Gasteiger charge is -2.27. The number of fused-ring (bicyclic) bond motifs is 1. The Morgan fingerprint density at radius 2 is 1.89 bits per heavy atom. The van der Waals surface area contributed by atoms with Gasteiger partial charge in [-0.15, -0.1) is 0 Å². The number of aromatic nitrogens is 4. The molecule has 0 aliphatic rings. The fourth-order valence-corrected chi connectivity index (χ4v) is 2.14. The highest BCUT2D eigenvalue weighted by Crippen LogP contribution is 2.26. The third kappa shape index (κ3) is 1.87. The Balaban J connectivity index is 2.16. The first-order valence-corrected chi connectivity index (χ1v) is 5.93. The van der Waals surface area contributed by atoms with E-state index in [1.165, 1.54) is 0 Å². The fraction of sp³-hybridized carbons (Fsp3) is 0.154. The lowest BCUT2D eigenvalue weighted by Crippen LogP contribution is -2.44. The van der Waals surface area contributed by atoms with E-state index in [1.54, 1.807) is 24.8 Å². The number of aromatic amines is 1. The van der Waals surface area contributed by atoms with Crippen LogP contribution >= 0.6 is 0 Å². The van der Waals surface area contributed by atoms with Crippen molar-refractivity contribution in [2.45, 2.75) is 5.54 Å². The average Bonchev–Trinajstić information content (AvgIpc) is 3.00. The van der Waals surface area contributed by atoms with Gasteiger partial charge in [0.05, 0.1) is 22.8 Å². The van der Waals surface area contributed by atoms with Crippen molar-refractivity contribution >= 4 is 11.0 Å². The number of hydrogen-bond acceptors (Lipinski definition) is 5. The van der Waals surface area contributed by atoms with Crippen molar-refractivity contribution < 1.29 is 0 Å². The van der Waals surface area contributed by atoms with E-state index in [4.69, 9.17) is 11.5 Å². The third-order valence-electron chi connectivity index (χ3n) is 3.32. The van der Waals surface area contributed by atoms with Crippen LogP contribution in [0.5, 0.6) is 0 Å². The fourth-order valence-electron chi connectivity index (χ4n) is 2.14. The summed E-state index contributed by atoms with van der Waals surface area (Å²) in [4.78, 5) is 8.53. The van der Waals surface area contributed by atoms with E-state index in [9.17, 15) is 0 Å². The SMILES string of the molecule is NCC(N)(c1cn[nH]c1)c1ccc2nccnc2c1. The zero-order valence-electron chi connectivity index (χ0n) is 10.2. The smallest absolute Gasteiger partial charge is 0.0890 e. The number of rotatable bonds is 3. The van der Waals surface area contributed by atoms with Crippen molar-refractivity contribution in [2.24, 2.45) is 11.5 Å². The summed E-state index contributed by atoms with van der Waals surface area (Å²) in [6.45, 7) is 0.276. The van der Waals surface area contributed by atoms with Crippen LogP contribution in [0.15, 0.2) is 43.0 Å². The van der Waals surface area contributed by atoms with Crippen LogP contribution in [0.2, 0.25) is 0 Å². The van der Waals surface area contributed by atoms with Gasteiger partial charge in [-0.1, -0.05) is 6.07 Å². The van der Waals surface area contributed by atoms with Crippen LogP contribution in [0.25, 0.3) is 11.0 Å². The molecule has 6 heteroatoms. The van der Waals surface area contributed by atoms with E-state index < -0.39 is 5.54 Å². The monoisotopic (exact) mass is 254 g/mol. The number of benzene rings is 1. The molecule has 2 heterocycles. The first-order valence-electron chi connectivity index (χ1n) is 5.93. The second-order valence-electron chi connectivity index (χ2n) is 4.42. The molecule has 6 nitrogen and oxygen atoms in total. The molecule has 0 saturated heterocycles. The molecule has 0 fully saturated rings. The van der Waals surface area contributed by atoms with E-state index >= 15 is 0 Å². The second kappa shape index (κ2) is 4.42. The summed E-state index contributed by atoms with van der Waals surface area (Å²) in [6, 6.07) is 5.74. The molecule has 0 bridgehead atoms. The van der Waals surface area contributed by atoms with Gasteiger partial charge in [0.1, 0.15) is 0 Å². The highest BCUT2D eigenvalue weighted by molar-refractivity contribution is 5.75. The van der Waals surface area contributed by atoms with Crippen molar-refractivity contribution in [3.8, 4) is 0 Å². The molecule has 1 atom stereocenters. The summed E-state index contributed by atoms with van der Waals surface area (Å²) in [5, 5.41) is 6.70. The van der Waals surface area contributed by atoms with Gasteiger partial charge in [0, 0.05) is 30.7 Å². The number of hydrogen-bond donors (Lipinski definition) is 3. The Labute approximate surface area is 109 Å². The van der Waals surface area contributed by atoms with E-state index in [0.717, 1.165) is 22.2 Å². The zero-order chi connectivity index (χ0) is 13.3. The third-order valence-corrected chi connectivity index (χ3v) is 3.32. The summed E-state index contributed by atoms with van der Waals surface area (Å²) in [6.07, 6.45) is 6.77. The van der Waals surface area contributed by atoms with Gasteiger partial charge in [-0.25, -0.2) is 0 Å². The van der Waals surface area contributed by atoms with E-state index in [-0.39, 0.29) is 6.54 Å². The molecule has 0 saturated carbocycles. The summed E-state index contributed by atoms with van der Waals surface area (Å²) in [5.41, 5.74) is 14.9. The van der Waals surface area contributed by atoms with Crippen molar-refractivity contribution in [3.63, 3.8) is 0 Å². The molecule has 5 N–H and O–H groups in total. The van der Waals surface area contributed by atoms with Crippen molar-refractivity contribution in [1.82, 2.24) is 20.2 Å². The van der Waals surface area contributed by atoms with Crippen LogP contribution in [-0.2, 0) is 5.54 Å². The quantitative estimate of drug-likeness (QED) is 0.631. The van der Waals surface area contributed by atoms with Crippen LogP contribution in [0.4, 0.5) is 0 Å². The summed E-state index contributed by atoms with van der Waals surface area (Å²) < 4.78 is 0. The Morgan fingerprint density at radius 1 is 1.11 bits per heavy atom. The summed E-state index contributed by atoms with van der Waals surface area (Å²) >= 11 is 0. The van der Waals surface area contributed by atoms with Gasteiger partial charge in [-0.05, 0) is 17.7 Å². The number of nitrogens with two attached hydrogens (primary N) is 2. The van der Waals surface area contributed by atoms with Crippen LogP contribution in [0.1, 0.15) is 11.1 Å². The standard InChI is InChI=1S/C13H14N6/c14-8-13(15,10-6-18-19-7-10)9-1-2-11-12(5-9)17-4-3-16-11/h1-7H,8,14-15H2,(H,18,19). The first kappa shape index (κ1) is 11.8. The Hall–Kier alpha value is -2.31. The second-order valence-corrected chi connectivity index (χ2v) is 4.42. The normalized spacial score (nSPS) is 14.4. The lowest BCUT2D eigenvalue weighted by molar-refractivity contribution is 0.552. The maximum Gasteiger partial charge on any atom is 0.0890 e. The molecular weight excluding hydrogens is 240 g/mol. The van der Waals surface area contributed by atoms with Crippen LogP contribution < -0.4 is 11.5 Å². The van der Waals surface area contributed by atoms with Crippen LogP contribution in [0, 0.1) is 0 Å². The van der Waals surface area contributed by atoms with Gasteiger partial charge in [0.15, 0.2) is 0 Å². The van der Waals surface area contributed by atoms with Crippen LogP contribution in [0.3, 0.4) is 0 Å². The molecule has 0 amide bonds. The van der Waals surface area contributed by atoms with E-state index in [2.05, 4.69) is 20.2 Å². The molecule has 3 aromatic rings. The van der Waals surface area contributed by atoms with Gasteiger partial charge in [-0.2, -0.15) is 5.10 Å². The van der Waals surface area contributed by atoms with E-state index in [1.807, 2.05) is 18.2 Å². The molecule has 0 aliphatic heterocycles. The molecule has 0 aliphatic carbocycles. The largest absolute Gasteiger partial charge is 0.328 e. The maximum atomic E-state index is 6.44. The molecule has 3 rings (SSSR count). The molecule has 0 spiro atoms. The summed E-state index contributed by atoms with van der Waals surface area (Å²) in [7, 11) is 0. The maximum absolute atomic E-state index is 6.44. The molecule has 2 aromatic heterocycles. The zero-order valence-corrected chi connectivity index (χ0v) is 10.2. The van der Waals surface area contributed by atoms with Crippen molar-refractivity contribution in [1.29, 1.82) is 0 Å². The Morgan fingerprint density at radius 3 is 2.58 bits per heavy atom. The van der Waals surface area contributed by atoms with Gasteiger partial charge >= 0.3 is 0 Å². The number of nitrogens with one attached hydrogen (secondary N) is 1. The first-order chi connectivity index (χ1) is 9.24. The lowest BCUT2D eigenvalue weighted by atomic mass is 9.85. The molecule has 19 heavy (non-hydrogen) atoms. The van der Waals surface area contributed by atoms with Crippen molar-refractivity contribution in [3.05, 3.63) is 54.1 Å². The minimum atomic E-state index is -0.779. The number of nitrogens with zero attached hydrogens (tertiary/aromatic N) is 3.